The second-order valence-corrected chi connectivity index (χ2v) is 5.10. The molecule has 0 aromatic carbocycles. The summed E-state index contributed by atoms with van der Waals surface area (Å²) in [5, 5.41) is 0. The molecule has 0 aliphatic carbocycles. The normalized spacial score (nSPS) is 27.6. The SMILES string of the molecule is CCCC1CCCC(CC(C)C)C(=O)O1. The van der Waals surface area contributed by atoms with Gasteiger partial charge in [0.25, 0.3) is 0 Å². The maximum Gasteiger partial charge on any atom is 0.309 e. The maximum absolute atomic E-state index is 11.8. The molecule has 0 aromatic heterocycles. The number of carbonyl (C=O) groups excluding carboxylic acids is 1. The molecule has 0 aromatic rings. The van der Waals surface area contributed by atoms with Crippen LogP contribution in [0.2, 0.25) is 0 Å². The minimum Gasteiger partial charge on any atom is -0.462 e. The zero-order chi connectivity index (χ0) is 11.3. The largest absolute Gasteiger partial charge is 0.462 e. The third-order valence-electron chi connectivity index (χ3n) is 3.06. The average molecular weight is 212 g/mol. The Bertz CT molecular complexity index is 199. The van der Waals surface area contributed by atoms with E-state index in [9.17, 15) is 4.79 Å². The highest BCUT2D eigenvalue weighted by Gasteiger charge is 2.27. The van der Waals surface area contributed by atoms with Gasteiger partial charge in [0.05, 0.1) is 5.92 Å². The van der Waals surface area contributed by atoms with Gasteiger partial charge in [0.15, 0.2) is 0 Å². The van der Waals surface area contributed by atoms with E-state index in [-0.39, 0.29) is 18.0 Å². The molecule has 0 amide bonds. The van der Waals surface area contributed by atoms with Gasteiger partial charge in [-0.05, 0) is 38.0 Å². The molecule has 88 valence electrons. The molecule has 0 bridgehead atoms. The molecule has 1 heterocycles. The molecular weight excluding hydrogens is 188 g/mol. The van der Waals surface area contributed by atoms with Crippen LogP contribution in [-0.4, -0.2) is 12.1 Å². The fourth-order valence-electron chi connectivity index (χ4n) is 2.34. The smallest absolute Gasteiger partial charge is 0.309 e. The minimum absolute atomic E-state index is 0.0552. The lowest BCUT2D eigenvalue weighted by Crippen LogP contribution is -2.21. The van der Waals surface area contributed by atoms with Crippen molar-refractivity contribution in [2.24, 2.45) is 11.8 Å². The van der Waals surface area contributed by atoms with E-state index in [1.165, 1.54) is 0 Å². The lowest BCUT2D eigenvalue weighted by molar-refractivity contribution is -0.153. The zero-order valence-electron chi connectivity index (χ0n) is 10.3. The summed E-state index contributed by atoms with van der Waals surface area (Å²) in [7, 11) is 0. The Kier molecular flexibility index (Phi) is 5.13. The standard InChI is InChI=1S/C13H24O2/c1-4-6-12-8-5-7-11(9-10(2)3)13(14)15-12/h10-12H,4-9H2,1-3H3. The van der Waals surface area contributed by atoms with Crippen LogP contribution in [0.3, 0.4) is 0 Å². The molecule has 0 saturated carbocycles. The van der Waals surface area contributed by atoms with Crippen LogP contribution >= 0.6 is 0 Å². The van der Waals surface area contributed by atoms with Crippen LogP contribution in [0, 0.1) is 11.8 Å². The van der Waals surface area contributed by atoms with Gasteiger partial charge in [-0.25, -0.2) is 0 Å². The summed E-state index contributed by atoms with van der Waals surface area (Å²) in [6, 6.07) is 0. The maximum atomic E-state index is 11.8. The Labute approximate surface area is 93.4 Å². The summed E-state index contributed by atoms with van der Waals surface area (Å²) < 4.78 is 5.53. The highest BCUT2D eigenvalue weighted by atomic mass is 16.5. The molecule has 1 aliphatic rings. The Morgan fingerprint density at radius 1 is 1.40 bits per heavy atom. The van der Waals surface area contributed by atoms with Gasteiger partial charge in [-0.15, -0.1) is 0 Å². The van der Waals surface area contributed by atoms with Gasteiger partial charge in [-0.3, -0.25) is 4.79 Å². The van der Waals surface area contributed by atoms with E-state index in [2.05, 4.69) is 20.8 Å². The van der Waals surface area contributed by atoms with Crippen LogP contribution in [0.4, 0.5) is 0 Å². The molecule has 1 saturated heterocycles. The van der Waals surface area contributed by atoms with Crippen LogP contribution in [0.5, 0.6) is 0 Å². The number of ether oxygens (including phenoxy) is 1. The van der Waals surface area contributed by atoms with E-state index < -0.39 is 0 Å². The Morgan fingerprint density at radius 2 is 2.13 bits per heavy atom. The van der Waals surface area contributed by atoms with Crippen molar-refractivity contribution >= 4 is 5.97 Å². The molecule has 0 spiro atoms. The summed E-state index contributed by atoms with van der Waals surface area (Å²) in [4.78, 5) is 11.8. The number of hydrogen-bond acceptors (Lipinski definition) is 2. The molecular formula is C13H24O2. The number of rotatable bonds is 4. The quantitative estimate of drug-likeness (QED) is 0.666. The lowest BCUT2D eigenvalue weighted by atomic mass is 9.93. The first kappa shape index (κ1) is 12.5. The predicted octanol–water partition coefficient (Wildman–Crippen LogP) is 3.54. The van der Waals surface area contributed by atoms with Crippen LogP contribution in [0.1, 0.15) is 59.3 Å². The third-order valence-corrected chi connectivity index (χ3v) is 3.06. The van der Waals surface area contributed by atoms with E-state index in [1.807, 2.05) is 0 Å². The Balaban J connectivity index is 2.46. The molecule has 1 fully saturated rings. The molecule has 2 unspecified atom stereocenters. The van der Waals surface area contributed by atoms with Crippen LogP contribution in [0.25, 0.3) is 0 Å². The number of esters is 1. The van der Waals surface area contributed by atoms with Crippen LogP contribution in [0.15, 0.2) is 0 Å². The highest BCUT2D eigenvalue weighted by Crippen LogP contribution is 2.26. The molecule has 2 nitrogen and oxygen atoms in total. The summed E-state index contributed by atoms with van der Waals surface area (Å²) in [5.74, 6) is 0.803. The van der Waals surface area contributed by atoms with Crippen molar-refractivity contribution in [1.82, 2.24) is 0 Å². The fourth-order valence-corrected chi connectivity index (χ4v) is 2.34. The molecule has 2 heteroatoms. The van der Waals surface area contributed by atoms with Gasteiger partial charge in [0.1, 0.15) is 6.10 Å². The fraction of sp³-hybridized carbons (Fsp3) is 0.923. The van der Waals surface area contributed by atoms with E-state index >= 15 is 0 Å². The van der Waals surface area contributed by atoms with E-state index in [0.29, 0.717) is 5.92 Å². The minimum atomic E-state index is 0.0552. The first-order valence-corrected chi connectivity index (χ1v) is 6.34. The predicted molar refractivity (Wildman–Crippen MR) is 61.6 cm³/mol. The summed E-state index contributed by atoms with van der Waals surface area (Å²) in [5.41, 5.74) is 0. The van der Waals surface area contributed by atoms with Crippen molar-refractivity contribution in [1.29, 1.82) is 0 Å². The second-order valence-electron chi connectivity index (χ2n) is 5.10. The monoisotopic (exact) mass is 212 g/mol. The Hall–Kier alpha value is -0.530. The van der Waals surface area contributed by atoms with Crippen LogP contribution < -0.4 is 0 Å². The van der Waals surface area contributed by atoms with E-state index in [1.54, 1.807) is 0 Å². The number of cyclic esters (lactones) is 1. The Morgan fingerprint density at radius 3 is 2.73 bits per heavy atom. The van der Waals surface area contributed by atoms with Crippen LogP contribution in [-0.2, 0) is 9.53 Å². The average Bonchev–Trinajstić information content (AvgIpc) is 2.29. The van der Waals surface area contributed by atoms with Gasteiger partial charge in [-0.1, -0.05) is 27.2 Å². The summed E-state index contributed by atoms with van der Waals surface area (Å²) in [6.07, 6.45) is 6.55. The third kappa shape index (κ3) is 4.23. The van der Waals surface area contributed by atoms with E-state index in [0.717, 1.165) is 38.5 Å². The zero-order valence-corrected chi connectivity index (χ0v) is 10.3. The van der Waals surface area contributed by atoms with Gasteiger partial charge < -0.3 is 4.74 Å². The molecule has 2 atom stereocenters. The number of hydrogen-bond donors (Lipinski definition) is 0. The highest BCUT2D eigenvalue weighted by molar-refractivity contribution is 5.72. The summed E-state index contributed by atoms with van der Waals surface area (Å²) in [6.45, 7) is 6.48. The van der Waals surface area contributed by atoms with Crippen molar-refractivity contribution < 1.29 is 9.53 Å². The lowest BCUT2D eigenvalue weighted by Gasteiger charge is -2.17. The van der Waals surface area contributed by atoms with Crippen molar-refractivity contribution in [3.63, 3.8) is 0 Å². The summed E-state index contributed by atoms with van der Waals surface area (Å²) >= 11 is 0. The van der Waals surface area contributed by atoms with Gasteiger partial charge in [0.2, 0.25) is 0 Å². The van der Waals surface area contributed by atoms with Gasteiger partial charge >= 0.3 is 5.97 Å². The topological polar surface area (TPSA) is 26.3 Å². The first-order valence-electron chi connectivity index (χ1n) is 6.34. The van der Waals surface area contributed by atoms with Gasteiger partial charge in [-0.2, -0.15) is 0 Å². The van der Waals surface area contributed by atoms with E-state index in [4.69, 9.17) is 4.74 Å². The molecule has 1 rings (SSSR count). The van der Waals surface area contributed by atoms with Crippen molar-refractivity contribution in [2.75, 3.05) is 0 Å². The second kappa shape index (κ2) is 6.14. The molecule has 1 aliphatic heterocycles. The van der Waals surface area contributed by atoms with Crippen molar-refractivity contribution in [3.05, 3.63) is 0 Å². The molecule has 0 radical (unpaired) electrons. The van der Waals surface area contributed by atoms with Crippen molar-refractivity contribution in [3.8, 4) is 0 Å². The van der Waals surface area contributed by atoms with Gasteiger partial charge in [0, 0.05) is 0 Å². The molecule has 0 N–H and O–H groups in total. The first-order chi connectivity index (χ1) is 7.13. The van der Waals surface area contributed by atoms with Crippen molar-refractivity contribution in [2.45, 2.75) is 65.4 Å². The number of carbonyl (C=O) groups is 1. The molecule has 15 heavy (non-hydrogen) atoms.